The second-order valence-corrected chi connectivity index (χ2v) is 8.02. The first-order chi connectivity index (χ1) is 16.1. The van der Waals surface area contributed by atoms with E-state index < -0.39 is 17.1 Å². The molecule has 2 aromatic carbocycles. The largest absolute Gasteiger partial charge is 0.496 e. The van der Waals surface area contributed by atoms with Gasteiger partial charge in [-0.1, -0.05) is 11.2 Å². The molecule has 0 aliphatic carbocycles. The van der Waals surface area contributed by atoms with Crippen molar-refractivity contribution in [2.24, 2.45) is 0 Å². The van der Waals surface area contributed by atoms with Gasteiger partial charge in [0.2, 0.25) is 0 Å². The van der Waals surface area contributed by atoms with E-state index in [-0.39, 0.29) is 38.9 Å². The summed E-state index contributed by atoms with van der Waals surface area (Å²) in [5, 5.41) is 7.97. The Bertz CT molecular complexity index is 1400. The van der Waals surface area contributed by atoms with E-state index in [1.807, 2.05) is 0 Å². The Balaban J connectivity index is 1.81. The van der Waals surface area contributed by atoms with Crippen molar-refractivity contribution in [1.82, 2.24) is 14.9 Å². The second-order valence-electron chi connectivity index (χ2n) is 6.40. The molecule has 0 fully saturated rings. The highest BCUT2D eigenvalue weighted by atomic mass is 32.2. The molecule has 2 heterocycles. The lowest BCUT2D eigenvalue weighted by atomic mass is 10.1. The second kappa shape index (κ2) is 8.19. The number of nitrogens with one attached hydrogen (secondary N) is 1. The SMILES string of the molecule is [2H]C([2H])([2H])Oc1cc(Cn2cccn2)cc2onc(NS(=O)(=O)c3c(OC)cccc3OC)c12. The minimum atomic E-state index is -4.30. The number of aromatic nitrogens is 3. The van der Waals surface area contributed by atoms with Crippen LogP contribution in [0.15, 0.2) is 58.2 Å². The van der Waals surface area contributed by atoms with Gasteiger partial charge in [-0.05, 0) is 35.9 Å². The molecule has 1 N–H and O–H groups in total. The maximum absolute atomic E-state index is 13.3. The van der Waals surface area contributed by atoms with E-state index in [1.54, 1.807) is 35.3 Å². The molecular formula is C20H20N4O6S. The summed E-state index contributed by atoms with van der Waals surface area (Å²) in [6.07, 6.45) is 3.33. The highest BCUT2D eigenvalue weighted by molar-refractivity contribution is 7.93. The Morgan fingerprint density at radius 1 is 1.13 bits per heavy atom. The zero-order chi connectivity index (χ0) is 24.5. The summed E-state index contributed by atoms with van der Waals surface area (Å²) >= 11 is 0. The van der Waals surface area contributed by atoms with Gasteiger partial charge in [0.05, 0.1) is 31.9 Å². The average Bonchev–Trinajstić information content (AvgIpc) is 3.42. The molecule has 0 aliphatic heterocycles. The van der Waals surface area contributed by atoms with Crippen molar-refractivity contribution in [2.45, 2.75) is 11.4 Å². The molecule has 2 aromatic heterocycles. The Labute approximate surface area is 182 Å². The number of hydrogen-bond donors (Lipinski definition) is 1. The van der Waals surface area contributed by atoms with Gasteiger partial charge in [0.1, 0.15) is 22.6 Å². The van der Waals surface area contributed by atoms with Crippen LogP contribution in [0.3, 0.4) is 0 Å². The van der Waals surface area contributed by atoms with E-state index >= 15 is 0 Å². The first kappa shape index (κ1) is 17.0. The molecule has 0 amide bonds. The Kier molecular flexibility index (Phi) is 4.49. The molecule has 0 radical (unpaired) electrons. The number of sulfonamides is 1. The van der Waals surface area contributed by atoms with Gasteiger partial charge in [0.25, 0.3) is 10.0 Å². The number of nitrogens with zero attached hydrogens (tertiary/aromatic N) is 3. The summed E-state index contributed by atoms with van der Waals surface area (Å²) in [5.74, 6) is -0.307. The molecular weight excluding hydrogens is 424 g/mol. The summed E-state index contributed by atoms with van der Waals surface area (Å²) in [5.41, 5.74) is 0.723. The number of fused-ring (bicyclic) bond motifs is 1. The van der Waals surface area contributed by atoms with Gasteiger partial charge in [-0.3, -0.25) is 9.40 Å². The fourth-order valence-electron chi connectivity index (χ4n) is 3.17. The molecule has 0 unspecified atom stereocenters. The molecule has 0 saturated heterocycles. The van der Waals surface area contributed by atoms with Crippen LogP contribution in [0.1, 0.15) is 9.68 Å². The van der Waals surface area contributed by atoms with E-state index in [4.69, 9.17) is 22.8 Å². The third-order valence-corrected chi connectivity index (χ3v) is 5.90. The molecule has 0 saturated carbocycles. The lowest BCUT2D eigenvalue weighted by molar-refractivity contribution is 0.373. The fourth-order valence-corrected chi connectivity index (χ4v) is 4.50. The van der Waals surface area contributed by atoms with E-state index in [0.29, 0.717) is 12.1 Å². The molecule has 4 aromatic rings. The van der Waals surface area contributed by atoms with Crippen LogP contribution in [0.4, 0.5) is 5.82 Å². The topological polar surface area (TPSA) is 118 Å². The van der Waals surface area contributed by atoms with Gasteiger partial charge in [-0.2, -0.15) is 5.10 Å². The first-order valence-corrected chi connectivity index (χ1v) is 10.4. The molecule has 11 heteroatoms. The van der Waals surface area contributed by atoms with Gasteiger partial charge in [0, 0.05) is 12.4 Å². The number of rotatable bonds is 8. The highest BCUT2D eigenvalue weighted by Gasteiger charge is 2.28. The van der Waals surface area contributed by atoms with Crippen molar-refractivity contribution < 1.29 is 31.3 Å². The minimum absolute atomic E-state index is 0.0396. The van der Waals surface area contributed by atoms with Gasteiger partial charge < -0.3 is 18.7 Å². The number of hydrogen-bond acceptors (Lipinski definition) is 8. The molecule has 0 spiro atoms. The van der Waals surface area contributed by atoms with Gasteiger partial charge in [-0.25, -0.2) is 8.42 Å². The van der Waals surface area contributed by atoms with Crippen LogP contribution in [0.5, 0.6) is 17.2 Å². The van der Waals surface area contributed by atoms with Crippen molar-refractivity contribution in [3.63, 3.8) is 0 Å². The summed E-state index contributed by atoms with van der Waals surface area (Å²) < 4.78 is 73.9. The predicted octanol–water partition coefficient (Wildman–Crippen LogP) is 2.90. The summed E-state index contributed by atoms with van der Waals surface area (Å²) in [4.78, 5) is -0.259. The molecule has 162 valence electrons. The van der Waals surface area contributed by atoms with E-state index in [2.05, 4.69) is 15.0 Å². The van der Waals surface area contributed by atoms with Gasteiger partial charge in [0.15, 0.2) is 16.3 Å². The lowest BCUT2D eigenvalue weighted by Gasteiger charge is -2.14. The van der Waals surface area contributed by atoms with Crippen LogP contribution in [0, 0.1) is 0 Å². The monoisotopic (exact) mass is 447 g/mol. The van der Waals surface area contributed by atoms with Crippen LogP contribution in [0.25, 0.3) is 11.0 Å². The third kappa shape index (κ3) is 3.87. The van der Waals surface area contributed by atoms with Crippen LogP contribution >= 0.6 is 0 Å². The van der Waals surface area contributed by atoms with Crippen LogP contribution in [-0.2, 0) is 16.6 Å². The number of anilines is 1. The summed E-state index contributed by atoms with van der Waals surface area (Å²) in [7, 11) is -4.47. The van der Waals surface area contributed by atoms with Gasteiger partial charge in [-0.15, -0.1) is 0 Å². The Hall–Kier alpha value is -3.73. The lowest BCUT2D eigenvalue weighted by Crippen LogP contribution is -2.15. The maximum atomic E-state index is 13.3. The fraction of sp³-hybridized carbons (Fsp3) is 0.200. The van der Waals surface area contributed by atoms with Gasteiger partial charge >= 0.3 is 0 Å². The normalized spacial score (nSPS) is 13.3. The van der Waals surface area contributed by atoms with Crippen LogP contribution < -0.4 is 18.9 Å². The molecule has 10 nitrogen and oxygen atoms in total. The summed E-state index contributed by atoms with van der Waals surface area (Å²) in [6, 6.07) is 9.30. The number of ether oxygens (including phenoxy) is 3. The highest BCUT2D eigenvalue weighted by Crippen LogP contribution is 2.38. The molecule has 0 aliphatic rings. The minimum Gasteiger partial charge on any atom is -0.496 e. The van der Waals surface area contributed by atoms with Crippen molar-refractivity contribution in [3.8, 4) is 17.2 Å². The average molecular weight is 447 g/mol. The van der Waals surface area contributed by atoms with Crippen LogP contribution in [0.2, 0.25) is 0 Å². The Morgan fingerprint density at radius 3 is 2.55 bits per heavy atom. The van der Waals surface area contributed by atoms with Crippen molar-refractivity contribution in [2.75, 3.05) is 26.0 Å². The molecule has 4 rings (SSSR count). The first-order valence-electron chi connectivity index (χ1n) is 10.4. The van der Waals surface area contributed by atoms with E-state index in [0.717, 1.165) is 0 Å². The van der Waals surface area contributed by atoms with E-state index in [9.17, 15) is 8.42 Å². The van der Waals surface area contributed by atoms with Crippen molar-refractivity contribution >= 4 is 26.8 Å². The smallest absolute Gasteiger partial charge is 0.270 e. The number of benzene rings is 2. The third-order valence-electron chi connectivity index (χ3n) is 4.49. The maximum Gasteiger partial charge on any atom is 0.270 e. The van der Waals surface area contributed by atoms with Crippen molar-refractivity contribution in [1.29, 1.82) is 0 Å². The zero-order valence-electron chi connectivity index (χ0n) is 19.5. The zero-order valence-corrected chi connectivity index (χ0v) is 17.3. The van der Waals surface area contributed by atoms with E-state index in [1.165, 1.54) is 32.4 Å². The Morgan fingerprint density at radius 2 is 1.90 bits per heavy atom. The standard InChI is InChI=1S/C20H20N4O6S/c1-27-14-6-4-7-15(28-2)19(14)31(25,26)23-20-18-16(29-3)10-13(11-17(18)30-22-20)12-24-9-5-8-21-24/h4-11H,12H2,1-3H3,(H,22,23)/i3D3. The molecule has 0 atom stereocenters. The van der Waals surface area contributed by atoms with Crippen molar-refractivity contribution in [3.05, 3.63) is 54.4 Å². The molecule has 0 bridgehead atoms. The quantitative estimate of drug-likeness (QED) is 0.438. The molecule has 31 heavy (non-hydrogen) atoms. The number of methoxy groups -OCH3 is 3. The predicted molar refractivity (Wildman–Crippen MR) is 112 cm³/mol. The summed E-state index contributed by atoms with van der Waals surface area (Å²) in [6.45, 7) is 0.292. The van der Waals surface area contributed by atoms with Crippen LogP contribution in [-0.4, -0.2) is 44.6 Å².